The van der Waals surface area contributed by atoms with Crippen LogP contribution in [0.15, 0.2) is 24.3 Å². The SMILES string of the molecule is CC(C)COCCNC(C)c1ccc([N+](=O)[O-])cc1. The molecule has 1 rings (SSSR count). The summed E-state index contributed by atoms with van der Waals surface area (Å²) in [5.41, 5.74) is 1.16. The van der Waals surface area contributed by atoms with Crippen molar-refractivity contribution in [1.29, 1.82) is 0 Å². The van der Waals surface area contributed by atoms with Gasteiger partial charge in [-0.1, -0.05) is 26.0 Å². The van der Waals surface area contributed by atoms with Crippen LogP contribution in [0.2, 0.25) is 0 Å². The molecule has 0 fully saturated rings. The van der Waals surface area contributed by atoms with Crippen LogP contribution in [-0.2, 0) is 4.74 Å². The highest BCUT2D eigenvalue weighted by Gasteiger charge is 2.08. The lowest BCUT2D eigenvalue weighted by molar-refractivity contribution is -0.384. The molecule has 0 amide bonds. The van der Waals surface area contributed by atoms with E-state index in [0.29, 0.717) is 12.5 Å². The topological polar surface area (TPSA) is 64.4 Å². The van der Waals surface area contributed by atoms with Crippen molar-refractivity contribution in [3.05, 3.63) is 39.9 Å². The van der Waals surface area contributed by atoms with Gasteiger partial charge in [0.25, 0.3) is 5.69 Å². The fraction of sp³-hybridized carbons (Fsp3) is 0.571. The molecule has 1 aromatic rings. The molecule has 0 saturated heterocycles. The summed E-state index contributed by atoms with van der Waals surface area (Å²) in [7, 11) is 0. The summed E-state index contributed by atoms with van der Waals surface area (Å²) in [4.78, 5) is 10.2. The molecular weight excluding hydrogens is 244 g/mol. The summed E-state index contributed by atoms with van der Waals surface area (Å²) < 4.78 is 5.48. The second kappa shape index (κ2) is 7.86. The number of hydrogen-bond acceptors (Lipinski definition) is 4. The van der Waals surface area contributed by atoms with Crippen molar-refractivity contribution in [3.8, 4) is 0 Å². The Morgan fingerprint density at radius 2 is 1.89 bits per heavy atom. The lowest BCUT2D eigenvalue weighted by Gasteiger charge is -2.14. The Morgan fingerprint density at radius 3 is 2.42 bits per heavy atom. The normalized spacial score (nSPS) is 12.6. The van der Waals surface area contributed by atoms with Crippen LogP contribution in [0.25, 0.3) is 0 Å². The van der Waals surface area contributed by atoms with Gasteiger partial charge in [-0.05, 0) is 18.4 Å². The molecule has 0 saturated carbocycles. The van der Waals surface area contributed by atoms with E-state index in [1.165, 1.54) is 12.1 Å². The van der Waals surface area contributed by atoms with Crippen molar-refractivity contribution >= 4 is 5.69 Å². The summed E-state index contributed by atoms with van der Waals surface area (Å²) >= 11 is 0. The lowest BCUT2D eigenvalue weighted by Crippen LogP contribution is -2.23. The molecule has 0 bridgehead atoms. The smallest absolute Gasteiger partial charge is 0.269 e. The van der Waals surface area contributed by atoms with Crippen molar-refractivity contribution in [3.63, 3.8) is 0 Å². The third-order valence-electron chi connectivity index (χ3n) is 2.75. The maximum Gasteiger partial charge on any atom is 0.269 e. The van der Waals surface area contributed by atoms with Crippen LogP contribution in [0.1, 0.15) is 32.4 Å². The first-order valence-corrected chi connectivity index (χ1v) is 6.56. The molecular formula is C14H22N2O3. The molecule has 106 valence electrons. The van der Waals surface area contributed by atoms with Gasteiger partial charge in [0, 0.05) is 31.3 Å². The van der Waals surface area contributed by atoms with Gasteiger partial charge in [0.15, 0.2) is 0 Å². The minimum atomic E-state index is -0.387. The number of nitrogens with zero attached hydrogens (tertiary/aromatic N) is 1. The Hall–Kier alpha value is -1.46. The van der Waals surface area contributed by atoms with Crippen molar-refractivity contribution in [1.82, 2.24) is 5.32 Å². The van der Waals surface area contributed by atoms with Crippen LogP contribution in [-0.4, -0.2) is 24.7 Å². The summed E-state index contributed by atoms with van der Waals surface area (Å²) in [5, 5.41) is 13.9. The third kappa shape index (κ3) is 5.81. The van der Waals surface area contributed by atoms with E-state index in [4.69, 9.17) is 4.74 Å². The molecule has 0 spiro atoms. The van der Waals surface area contributed by atoms with E-state index >= 15 is 0 Å². The second-order valence-electron chi connectivity index (χ2n) is 4.99. The third-order valence-corrected chi connectivity index (χ3v) is 2.75. The highest BCUT2D eigenvalue weighted by Crippen LogP contribution is 2.17. The predicted molar refractivity (Wildman–Crippen MR) is 75.2 cm³/mol. The number of rotatable bonds is 8. The summed E-state index contributed by atoms with van der Waals surface area (Å²) in [5.74, 6) is 0.548. The monoisotopic (exact) mass is 266 g/mol. The lowest BCUT2D eigenvalue weighted by atomic mass is 10.1. The van der Waals surface area contributed by atoms with Gasteiger partial charge in [-0.15, -0.1) is 0 Å². The Balaban J connectivity index is 2.33. The zero-order valence-electron chi connectivity index (χ0n) is 11.8. The number of nitrogens with one attached hydrogen (secondary N) is 1. The Morgan fingerprint density at radius 1 is 1.26 bits per heavy atom. The van der Waals surface area contributed by atoms with E-state index in [9.17, 15) is 10.1 Å². The van der Waals surface area contributed by atoms with Gasteiger partial charge in [0.05, 0.1) is 11.5 Å². The summed E-state index contributed by atoms with van der Waals surface area (Å²) in [6.45, 7) is 8.48. The molecule has 0 aliphatic rings. The number of nitro groups is 1. The molecule has 1 N–H and O–H groups in total. The largest absolute Gasteiger partial charge is 0.380 e. The maximum absolute atomic E-state index is 10.6. The summed E-state index contributed by atoms with van der Waals surface area (Å²) in [6, 6.07) is 6.78. The number of ether oxygens (including phenoxy) is 1. The highest BCUT2D eigenvalue weighted by atomic mass is 16.6. The molecule has 5 heteroatoms. The summed E-state index contributed by atoms with van der Waals surface area (Å²) in [6.07, 6.45) is 0. The molecule has 0 aliphatic heterocycles. The van der Waals surface area contributed by atoms with E-state index in [2.05, 4.69) is 19.2 Å². The zero-order chi connectivity index (χ0) is 14.3. The van der Waals surface area contributed by atoms with Gasteiger partial charge < -0.3 is 10.1 Å². The molecule has 0 aliphatic carbocycles. The molecule has 5 nitrogen and oxygen atoms in total. The van der Waals surface area contributed by atoms with E-state index in [1.807, 2.05) is 6.92 Å². The van der Waals surface area contributed by atoms with Crippen molar-refractivity contribution < 1.29 is 9.66 Å². The maximum atomic E-state index is 10.6. The highest BCUT2D eigenvalue weighted by molar-refractivity contribution is 5.33. The fourth-order valence-electron chi connectivity index (χ4n) is 1.67. The zero-order valence-corrected chi connectivity index (χ0v) is 11.8. The average molecular weight is 266 g/mol. The molecule has 1 atom stereocenters. The van der Waals surface area contributed by atoms with Gasteiger partial charge in [-0.25, -0.2) is 0 Å². The standard InChI is InChI=1S/C14H22N2O3/c1-11(2)10-19-9-8-15-12(3)13-4-6-14(7-5-13)16(17)18/h4-7,11-12,15H,8-10H2,1-3H3. The number of benzene rings is 1. The number of hydrogen-bond donors (Lipinski definition) is 1. The minimum absolute atomic E-state index is 0.121. The van der Waals surface area contributed by atoms with Crippen molar-refractivity contribution in [2.24, 2.45) is 5.92 Å². The first kappa shape index (κ1) is 15.6. The first-order valence-electron chi connectivity index (χ1n) is 6.56. The van der Waals surface area contributed by atoms with Crippen LogP contribution < -0.4 is 5.32 Å². The second-order valence-corrected chi connectivity index (χ2v) is 4.99. The Bertz CT molecular complexity index is 390. The van der Waals surface area contributed by atoms with Crippen molar-refractivity contribution in [2.45, 2.75) is 26.8 Å². The molecule has 0 aromatic heterocycles. The molecule has 1 unspecified atom stereocenters. The number of non-ortho nitro benzene ring substituents is 1. The van der Waals surface area contributed by atoms with E-state index in [-0.39, 0.29) is 16.7 Å². The van der Waals surface area contributed by atoms with E-state index < -0.39 is 0 Å². The van der Waals surface area contributed by atoms with Crippen LogP contribution in [0.3, 0.4) is 0 Å². The van der Waals surface area contributed by atoms with Crippen LogP contribution in [0, 0.1) is 16.0 Å². The minimum Gasteiger partial charge on any atom is -0.380 e. The van der Waals surface area contributed by atoms with Crippen LogP contribution in [0.4, 0.5) is 5.69 Å². The van der Waals surface area contributed by atoms with Crippen LogP contribution >= 0.6 is 0 Å². The molecule has 0 radical (unpaired) electrons. The molecule has 1 aromatic carbocycles. The Kier molecular flexibility index (Phi) is 6.45. The number of nitro benzene ring substituents is 1. The van der Waals surface area contributed by atoms with Crippen molar-refractivity contribution in [2.75, 3.05) is 19.8 Å². The first-order chi connectivity index (χ1) is 9.00. The van der Waals surface area contributed by atoms with Crippen LogP contribution in [0.5, 0.6) is 0 Å². The van der Waals surface area contributed by atoms with Gasteiger partial charge in [0.2, 0.25) is 0 Å². The fourth-order valence-corrected chi connectivity index (χ4v) is 1.67. The van der Waals surface area contributed by atoms with Gasteiger partial charge in [-0.2, -0.15) is 0 Å². The van der Waals surface area contributed by atoms with Gasteiger partial charge >= 0.3 is 0 Å². The molecule has 0 heterocycles. The van der Waals surface area contributed by atoms with E-state index in [1.54, 1.807) is 12.1 Å². The van der Waals surface area contributed by atoms with E-state index in [0.717, 1.165) is 18.7 Å². The quantitative estimate of drug-likeness (QED) is 0.446. The Labute approximate surface area is 114 Å². The molecule has 19 heavy (non-hydrogen) atoms. The predicted octanol–water partition coefficient (Wildman–Crippen LogP) is 2.92. The average Bonchev–Trinajstić information content (AvgIpc) is 2.37. The van der Waals surface area contributed by atoms with Gasteiger partial charge in [0.1, 0.15) is 0 Å². The van der Waals surface area contributed by atoms with Gasteiger partial charge in [-0.3, -0.25) is 10.1 Å².